The molecule has 0 aliphatic carbocycles. The van der Waals surface area contributed by atoms with E-state index in [0.29, 0.717) is 17.0 Å². The molecule has 2 atom stereocenters. The first-order chi connectivity index (χ1) is 14.3. The maximum atomic E-state index is 12.8. The maximum Gasteiger partial charge on any atom is 0.336 e. The molecule has 1 aliphatic rings. The molecule has 0 spiro atoms. The molecule has 10 heteroatoms. The lowest BCUT2D eigenvalue weighted by molar-refractivity contribution is -0.384. The van der Waals surface area contributed by atoms with Crippen LogP contribution >= 0.6 is 0 Å². The van der Waals surface area contributed by atoms with Crippen molar-refractivity contribution in [2.75, 3.05) is 20.5 Å². The smallest absolute Gasteiger partial charge is 0.336 e. The summed E-state index contributed by atoms with van der Waals surface area (Å²) < 4.78 is 15.1. The second-order valence-corrected chi connectivity index (χ2v) is 6.47. The molecule has 1 unspecified atom stereocenters. The van der Waals surface area contributed by atoms with Crippen LogP contribution in [0.4, 0.5) is 5.69 Å². The highest BCUT2D eigenvalue weighted by atomic mass is 16.7. The van der Waals surface area contributed by atoms with Gasteiger partial charge in [-0.05, 0) is 19.4 Å². The summed E-state index contributed by atoms with van der Waals surface area (Å²) in [6.07, 6.45) is 0.00114. The zero-order valence-electron chi connectivity index (χ0n) is 16.8. The van der Waals surface area contributed by atoms with Crippen molar-refractivity contribution in [3.05, 3.63) is 51.2 Å². The summed E-state index contributed by atoms with van der Waals surface area (Å²) >= 11 is 0. The van der Waals surface area contributed by atoms with Gasteiger partial charge in [0.15, 0.2) is 6.79 Å². The first-order valence-electron chi connectivity index (χ1n) is 9.01. The number of nitriles is 1. The number of benzene rings is 1. The van der Waals surface area contributed by atoms with Gasteiger partial charge < -0.3 is 14.2 Å². The third kappa shape index (κ3) is 5.07. The van der Waals surface area contributed by atoms with E-state index in [4.69, 9.17) is 19.5 Å². The monoisotopic (exact) mass is 415 g/mol. The van der Waals surface area contributed by atoms with Gasteiger partial charge >= 0.3 is 11.9 Å². The molecular weight excluding hydrogens is 394 g/mol. The van der Waals surface area contributed by atoms with Crippen molar-refractivity contribution in [3.63, 3.8) is 0 Å². The number of methoxy groups -OCH3 is 1. The fourth-order valence-corrected chi connectivity index (χ4v) is 3.27. The molecule has 0 aromatic heterocycles. The van der Waals surface area contributed by atoms with Crippen LogP contribution in [0.1, 0.15) is 31.7 Å². The third-order valence-corrected chi connectivity index (χ3v) is 4.51. The zero-order chi connectivity index (χ0) is 22.3. The van der Waals surface area contributed by atoms with E-state index in [1.165, 1.54) is 25.3 Å². The molecule has 0 amide bonds. The number of carbonyl (C=O) groups excluding carboxylic acids is 2. The minimum absolute atomic E-state index is 0.00114. The van der Waals surface area contributed by atoms with E-state index in [-0.39, 0.29) is 31.1 Å². The molecule has 0 N–H and O–H groups in total. The van der Waals surface area contributed by atoms with Gasteiger partial charge in [-0.3, -0.25) is 19.9 Å². The standard InChI is InChI=1S/C20H21N3O7/c1-12-16(19(24)29-9-5-8-21)18(14-6-4-7-15(10-14)23(26)27)17(13(2)22-12)20(25)30-11-28-3/h4,6-7,10,17-18H,5,9,11H2,1-3H3/t17?,18-/m1/s1. The number of hydrogen-bond acceptors (Lipinski definition) is 9. The normalized spacial score (nSPS) is 18.3. The third-order valence-electron chi connectivity index (χ3n) is 4.51. The predicted octanol–water partition coefficient (Wildman–Crippen LogP) is 2.65. The van der Waals surface area contributed by atoms with Crippen molar-refractivity contribution in [2.24, 2.45) is 10.9 Å². The number of nitrogens with zero attached hydrogens (tertiary/aromatic N) is 3. The lowest BCUT2D eigenvalue weighted by Gasteiger charge is -2.31. The van der Waals surface area contributed by atoms with E-state index >= 15 is 0 Å². The van der Waals surface area contributed by atoms with Crippen LogP contribution in [0.3, 0.4) is 0 Å². The first kappa shape index (κ1) is 22.7. The summed E-state index contributed by atoms with van der Waals surface area (Å²) in [4.78, 5) is 40.6. The molecule has 0 fully saturated rings. The second-order valence-electron chi connectivity index (χ2n) is 6.47. The molecule has 0 saturated heterocycles. The van der Waals surface area contributed by atoms with Crippen LogP contribution < -0.4 is 0 Å². The van der Waals surface area contributed by atoms with Crippen LogP contribution in [-0.4, -0.2) is 43.1 Å². The minimum Gasteiger partial charge on any atom is -0.461 e. The SMILES string of the molecule is COCOC(=O)C1C(C)=NC(C)=C(C(=O)OCCC#N)[C@H]1c1cccc([N+](=O)[O-])c1. The average Bonchev–Trinajstić information content (AvgIpc) is 2.71. The number of carbonyl (C=O) groups is 2. The topological polar surface area (TPSA) is 141 Å². The van der Waals surface area contributed by atoms with Gasteiger partial charge in [0.25, 0.3) is 5.69 Å². The fourth-order valence-electron chi connectivity index (χ4n) is 3.27. The van der Waals surface area contributed by atoms with Gasteiger partial charge in [0.05, 0.1) is 23.0 Å². The average molecular weight is 415 g/mol. The minimum atomic E-state index is -1.01. The van der Waals surface area contributed by atoms with Gasteiger partial charge in [0, 0.05) is 36.6 Å². The van der Waals surface area contributed by atoms with E-state index in [9.17, 15) is 19.7 Å². The number of ether oxygens (including phenoxy) is 3. The Hall–Kier alpha value is -3.58. The molecular formula is C20H21N3O7. The number of rotatable bonds is 8. The van der Waals surface area contributed by atoms with Gasteiger partial charge in [0.2, 0.25) is 0 Å². The molecule has 2 rings (SSSR count). The van der Waals surface area contributed by atoms with Crippen molar-refractivity contribution in [1.82, 2.24) is 0 Å². The van der Waals surface area contributed by atoms with Crippen molar-refractivity contribution in [2.45, 2.75) is 26.2 Å². The molecule has 0 radical (unpaired) electrons. The number of nitro groups is 1. The Morgan fingerprint density at radius 1 is 1.30 bits per heavy atom. The molecule has 10 nitrogen and oxygen atoms in total. The number of nitro benzene ring substituents is 1. The predicted molar refractivity (Wildman–Crippen MR) is 104 cm³/mol. The van der Waals surface area contributed by atoms with Crippen LogP contribution in [0.2, 0.25) is 0 Å². The number of non-ortho nitro benzene ring substituents is 1. The highest BCUT2D eigenvalue weighted by Gasteiger charge is 2.42. The molecule has 0 saturated carbocycles. The van der Waals surface area contributed by atoms with E-state index < -0.39 is 28.7 Å². The zero-order valence-corrected chi connectivity index (χ0v) is 16.8. The Morgan fingerprint density at radius 2 is 2.03 bits per heavy atom. The van der Waals surface area contributed by atoms with Crippen molar-refractivity contribution >= 4 is 23.3 Å². The van der Waals surface area contributed by atoms with Crippen molar-refractivity contribution in [3.8, 4) is 6.07 Å². The quantitative estimate of drug-likeness (QED) is 0.207. The van der Waals surface area contributed by atoms with Gasteiger partial charge in [-0.25, -0.2) is 4.79 Å². The summed E-state index contributed by atoms with van der Waals surface area (Å²) in [5.41, 5.74) is 0.967. The summed E-state index contributed by atoms with van der Waals surface area (Å²) in [5, 5.41) is 19.9. The summed E-state index contributed by atoms with van der Waals surface area (Å²) in [6, 6.07) is 7.55. The Morgan fingerprint density at radius 3 is 2.67 bits per heavy atom. The molecule has 1 aliphatic heterocycles. The molecule has 1 heterocycles. The van der Waals surface area contributed by atoms with E-state index in [2.05, 4.69) is 4.99 Å². The Balaban J connectivity index is 2.58. The second kappa shape index (κ2) is 10.3. The summed E-state index contributed by atoms with van der Waals surface area (Å²) in [7, 11) is 1.36. The first-order valence-corrected chi connectivity index (χ1v) is 9.01. The number of allylic oxidation sites excluding steroid dienone is 1. The summed E-state index contributed by atoms with van der Waals surface area (Å²) in [5.74, 6) is -3.37. The van der Waals surface area contributed by atoms with Gasteiger partial charge in [0.1, 0.15) is 12.5 Å². The molecule has 0 bridgehead atoms. The van der Waals surface area contributed by atoms with E-state index in [0.717, 1.165) is 0 Å². The van der Waals surface area contributed by atoms with Crippen molar-refractivity contribution < 1.29 is 28.7 Å². The summed E-state index contributed by atoms with van der Waals surface area (Å²) in [6.45, 7) is 2.78. The van der Waals surface area contributed by atoms with Crippen LogP contribution in [0.5, 0.6) is 0 Å². The van der Waals surface area contributed by atoms with Crippen LogP contribution in [0.25, 0.3) is 0 Å². The van der Waals surface area contributed by atoms with E-state index in [1.54, 1.807) is 19.9 Å². The van der Waals surface area contributed by atoms with Crippen LogP contribution in [0, 0.1) is 27.4 Å². The Labute approximate surface area is 172 Å². The highest BCUT2D eigenvalue weighted by Crippen LogP contribution is 2.41. The molecule has 1 aromatic rings. The maximum absolute atomic E-state index is 12.8. The van der Waals surface area contributed by atoms with Crippen molar-refractivity contribution in [1.29, 1.82) is 5.26 Å². The number of aliphatic imine (C=N–C) groups is 1. The molecule has 1 aromatic carbocycles. The van der Waals surface area contributed by atoms with Gasteiger partial charge in [-0.2, -0.15) is 5.26 Å². The van der Waals surface area contributed by atoms with Crippen LogP contribution in [0.15, 0.2) is 40.5 Å². The van der Waals surface area contributed by atoms with Gasteiger partial charge in [-0.1, -0.05) is 12.1 Å². The lowest BCUT2D eigenvalue weighted by atomic mass is 9.75. The number of hydrogen-bond donors (Lipinski definition) is 0. The van der Waals surface area contributed by atoms with Crippen LogP contribution in [-0.2, 0) is 23.8 Å². The fraction of sp³-hybridized carbons (Fsp3) is 0.400. The molecule has 158 valence electrons. The van der Waals surface area contributed by atoms with E-state index in [1.807, 2.05) is 6.07 Å². The Bertz CT molecular complexity index is 946. The highest BCUT2D eigenvalue weighted by molar-refractivity contribution is 6.07. The number of esters is 2. The largest absolute Gasteiger partial charge is 0.461 e. The Kier molecular flexibility index (Phi) is 7.77. The van der Waals surface area contributed by atoms with Gasteiger partial charge in [-0.15, -0.1) is 0 Å². The lowest BCUT2D eigenvalue weighted by Crippen LogP contribution is -2.36. The molecule has 30 heavy (non-hydrogen) atoms.